The van der Waals surface area contributed by atoms with Crippen LogP contribution in [0.1, 0.15) is 56.1 Å². The van der Waals surface area contributed by atoms with E-state index in [-0.39, 0.29) is 6.04 Å². The van der Waals surface area contributed by atoms with Crippen LogP contribution < -0.4 is 5.32 Å². The van der Waals surface area contributed by atoms with E-state index in [1.165, 1.54) is 5.69 Å². The molecule has 2 aromatic heterocycles. The maximum Gasteiger partial charge on any atom is 0.121 e. The van der Waals surface area contributed by atoms with Crippen molar-refractivity contribution in [1.82, 2.24) is 15.1 Å². The minimum absolute atomic E-state index is 0.213. The molecule has 0 amide bonds. The highest BCUT2D eigenvalue weighted by Gasteiger charge is 2.18. The third-order valence-electron chi connectivity index (χ3n) is 3.82. The lowest BCUT2D eigenvalue weighted by Gasteiger charge is -2.16. The van der Waals surface area contributed by atoms with Gasteiger partial charge < -0.3 is 9.73 Å². The maximum atomic E-state index is 5.95. The Balaban J connectivity index is 2.16. The molecular weight excluding hydrogens is 262 g/mol. The number of aryl methyl sites for hydroxylation is 3. The van der Waals surface area contributed by atoms with E-state index in [2.05, 4.69) is 49.4 Å². The fraction of sp³-hybridized carbons (Fsp3) is 0.588. The van der Waals surface area contributed by atoms with Crippen LogP contribution >= 0.6 is 0 Å². The zero-order chi connectivity index (χ0) is 15.2. The summed E-state index contributed by atoms with van der Waals surface area (Å²) in [5.74, 6) is 2.08. The maximum absolute atomic E-state index is 5.95. The molecule has 0 saturated heterocycles. The van der Waals surface area contributed by atoms with Crippen LogP contribution in [0.2, 0.25) is 0 Å². The summed E-state index contributed by atoms with van der Waals surface area (Å²) in [6.07, 6.45) is 3.93. The summed E-state index contributed by atoms with van der Waals surface area (Å²) >= 11 is 0. The smallest absolute Gasteiger partial charge is 0.121 e. The van der Waals surface area contributed by atoms with E-state index in [9.17, 15) is 0 Å². The molecule has 0 aliphatic rings. The van der Waals surface area contributed by atoms with E-state index in [1.54, 1.807) is 0 Å². The highest BCUT2D eigenvalue weighted by molar-refractivity contribution is 5.17. The van der Waals surface area contributed by atoms with Crippen LogP contribution in [0.25, 0.3) is 0 Å². The topological polar surface area (TPSA) is 43.0 Å². The van der Waals surface area contributed by atoms with Gasteiger partial charge in [0.2, 0.25) is 0 Å². The molecule has 0 spiro atoms. The van der Waals surface area contributed by atoms with Crippen LogP contribution in [0.5, 0.6) is 0 Å². The Kier molecular flexibility index (Phi) is 5.62. The van der Waals surface area contributed by atoms with E-state index in [0.717, 1.165) is 49.4 Å². The minimum atomic E-state index is 0.213. The number of rotatable bonds is 8. The van der Waals surface area contributed by atoms with Crippen LogP contribution in [-0.4, -0.2) is 16.3 Å². The fourth-order valence-electron chi connectivity index (χ4n) is 2.51. The van der Waals surface area contributed by atoms with Crippen molar-refractivity contribution in [1.29, 1.82) is 0 Å². The van der Waals surface area contributed by atoms with Gasteiger partial charge in [-0.1, -0.05) is 20.8 Å². The third kappa shape index (κ3) is 3.97. The Labute approximate surface area is 127 Å². The average molecular weight is 289 g/mol. The zero-order valence-electron chi connectivity index (χ0n) is 13.6. The molecule has 2 aromatic rings. The molecule has 0 saturated carbocycles. The number of nitrogens with one attached hydrogen (secondary N) is 1. The van der Waals surface area contributed by atoms with Crippen molar-refractivity contribution in [2.75, 3.05) is 6.54 Å². The average Bonchev–Trinajstić information content (AvgIpc) is 3.10. The molecule has 1 N–H and O–H groups in total. The summed E-state index contributed by atoms with van der Waals surface area (Å²) < 4.78 is 7.93. The van der Waals surface area contributed by atoms with Crippen molar-refractivity contribution in [2.24, 2.45) is 7.05 Å². The molecule has 1 atom stereocenters. The third-order valence-corrected chi connectivity index (χ3v) is 3.82. The predicted octanol–water partition coefficient (Wildman–Crippen LogP) is 3.42. The number of hydrogen-bond acceptors (Lipinski definition) is 3. The van der Waals surface area contributed by atoms with Gasteiger partial charge in [-0.05, 0) is 37.6 Å². The molecule has 0 fully saturated rings. The molecule has 1 unspecified atom stereocenters. The molecule has 0 aromatic carbocycles. The molecule has 116 valence electrons. The number of furan rings is 1. The molecule has 0 aliphatic carbocycles. The summed E-state index contributed by atoms with van der Waals surface area (Å²) in [7, 11) is 2.02. The first-order valence-corrected chi connectivity index (χ1v) is 8.01. The van der Waals surface area contributed by atoms with Crippen molar-refractivity contribution in [2.45, 2.75) is 52.5 Å². The lowest BCUT2D eigenvalue weighted by Crippen LogP contribution is -2.24. The number of aromatic nitrogens is 2. The minimum Gasteiger partial charge on any atom is -0.464 e. The normalized spacial score (nSPS) is 12.8. The van der Waals surface area contributed by atoms with Crippen LogP contribution in [0.15, 0.2) is 22.6 Å². The van der Waals surface area contributed by atoms with Gasteiger partial charge in [0.15, 0.2) is 0 Å². The van der Waals surface area contributed by atoms with Crippen molar-refractivity contribution in [3.8, 4) is 0 Å². The van der Waals surface area contributed by atoms with Crippen molar-refractivity contribution in [3.63, 3.8) is 0 Å². The van der Waals surface area contributed by atoms with Crippen LogP contribution in [0.3, 0.4) is 0 Å². The van der Waals surface area contributed by atoms with Gasteiger partial charge in [0.25, 0.3) is 0 Å². The monoisotopic (exact) mass is 289 g/mol. The van der Waals surface area contributed by atoms with E-state index in [4.69, 9.17) is 4.42 Å². The number of hydrogen-bond donors (Lipinski definition) is 1. The molecular formula is C17H27N3O. The van der Waals surface area contributed by atoms with E-state index < -0.39 is 0 Å². The molecule has 0 radical (unpaired) electrons. The van der Waals surface area contributed by atoms with Gasteiger partial charge in [-0.25, -0.2) is 0 Å². The highest BCUT2D eigenvalue weighted by atomic mass is 16.3. The molecule has 21 heavy (non-hydrogen) atoms. The Morgan fingerprint density at radius 1 is 1.24 bits per heavy atom. The first-order chi connectivity index (χ1) is 10.2. The van der Waals surface area contributed by atoms with Gasteiger partial charge in [-0.15, -0.1) is 0 Å². The quantitative estimate of drug-likeness (QED) is 0.809. The Hall–Kier alpha value is -1.55. The van der Waals surface area contributed by atoms with Crippen molar-refractivity contribution < 1.29 is 4.42 Å². The zero-order valence-corrected chi connectivity index (χ0v) is 13.6. The second-order valence-corrected chi connectivity index (χ2v) is 5.47. The van der Waals surface area contributed by atoms with Gasteiger partial charge >= 0.3 is 0 Å². The van der Waals surface area contributed by atoms with Crippen LogP contribution in [-0.2, 0) is 26.3 Å². The summed E-state index contributed by atoms with van der Waals surface area (Å²) in [5.41, 5.74) is 2.39. The van der Waals surface area contributed by atoms with E-state index in [0.29, 0.717) is 0 Å². The summed E-state index contributed by atoms with van der Waals surface area (Å²) in [6.45, 7) is 7.43. The molecule has 0 bridgehead atoms. The second-order valence-electron chi connectivity index (χ2n) is 5.47. The van der Waals surface area contributed by atoms with E-state index >= 15 is 0 Å². The molecule has 4 heteroatoms. The first-order valence-electron chi connectivity index (χ1n) is 8.01. The Morgan fingerprint density at radius 2 is 2.05 bits per heavy atom. The lowest BCUT2D eigenvalue weighted by atomic mass is 10.1. The van der Waals surface area contributed by atoms with Gasteiger partial charge in [0.05, 0.1) is 11.7 Å². The van der Waals surface area contributed by atoms with E-state index in [1.807, 2.05) is 11.7 Å². The molecule has 0 aliphatic heterocycles. The Bertz CT molecular complexity index is 556. The first kappa shape index (κ1) is 15.8. The van der Waals surface area contributed by atoms with Gasteiger partial charge in [0.1, 0.15) is 11.5 Å². The largest absolute Gasteiger partial charge is 0.464 e. The second kappa shape index (κ2) is 7.46. The standard InChI is InChI=1S/C17H27N3O/c1-5-10-18-16(17-9-8-15(7-3)21-17)12-14-11-13(6-2)19-20(14)4/h8-9,11,16,18H,5-7,10,12H2,1-4H3. The van der Waals surface area contributed by atoms with Crippen molar-refractivity contribution in [3.05, 3.63) is 41.1 Å². The SMILES string of the molecule is CCCNC(Cc1cc(CC)nn1C)c1ccc(CC)o1. The fourth-order valence-corrected chi connectivity index (χ4v) is 2.51. The van der Waals surface area contributed by atoms with Crippen LogP contribution in [0, 0.1) is 0 Å². The highest BCUT2D eigenvalue weighted by Crippen LogP contribution is 2.22. The molecule has 2 rings (SSSR count). The molecule has 4 nitrogen and oxygen atoms in total. The summed E-state index contributed by atoms with van der Waals surface area (Å²) in [4.78, 5) is 0. The predicted molar refractivity (Wildman–Crippen MR) is 85.4 cm³/mol. The number of nitrogens with zero attached hydrogens (tertiary/aromatic N) is 2. The summed E-state index contributed by atoms with van der Waals surface area (Å²) in [5, 5.41) is 8.13. The van der Waals surface area contributed by atoms with Gasteiger partial charge in [-0.3, -0.25) is 4.68 Å². The Morgan fingerprint density at radius 3 is 2.62 bits per heavy atom. The summed E-state index contributed by atoms with van der Waals surface area (Å²) in [6, 6.07) is 6.59. The van der Waals surface area contributed by atoms with Crippen LogP contribution in [0.4, 0.5) is 0 Å². The lowest BCUT2D eigenvalue weighted by molar-refractivity contribution is 0.387. The van der Waals surface area contributed by atoms with Crippen molar-refractivity contribution >= 4 is 0 Å². The molecule has 2 heterocycles. The van der Waals surface area contributed by atoms with Gasteiger partial charge in [0, 0.05) is 25.6 Å². The van der Waals surface area contributed by atoms with Gasteiger partial charge in [-0.2, -0.15) is 5.10 Å².